The standard InChI is InChI=1S/C18H25N7O/c1-14-20-17-6-5-15(12-25(17)22-14)21-18(26)13-23-8-10-24(11-9-23)16-4-2-3-7-19-16/h2-4,7,15H,5-6,8-13H2,1H3,(H,21,26). The van der Waals surface area contributed by atoms with Crippen LogP contribution in [0.5, 0.6) is 0 Å². The van der Waals surface area contributed by atoms with Crippen LogP contribution in [0.4, 0.5) is 5.82 Å². The van der Waals surface area contributed by atoms with Gasteiger partial charge in [-0.1, -0.05) is 6.07 Å². The third-order valence-corrected chi connectivity index (χ3v) is 5.04. The molecule has 26 heavy (non-hydrogen) atoms. The average molecular weight is 355 g/mol. The Bertz CT molecular complexity index is 752. The maximum atomic E-state index is 12.4. The molecule has 138 valence electrons. The van der Waals surface area contributed by atoms with Crippen molar-refractivity contribution in [2.24, 2.45) is 0 Å². The zero-order valence-corrected chi connectivity index (χ0v) is 15.1. The van der Waals surface area contributed by atoms with Crippen LogP contribution in [0.3, 0.4) is 0 Å². The molecule has 8 nitrogen and oxygen atoms in total. The predicted octanol–water partition coefficient (Wildman–Crippen LogP) is 0.235. The van der Waals surface area contributed by atoms with Gasteiger partial charge in [0.05, 0.1) is 13.1 Å². The van der Waals surface area contributed by atoms with Crippen molar-refractivity contribution >= 4 is 11.7 Å². The Morgan fingerprint density at radius 1 is 1.27 bits per heavy atom. The lowest BCUT2D eigenvalue weighted by Gasteiger charge is -2.35. The number of pyridine rings is 1. The maximum Gasteiger partial charge on any atom is 0.234 e. The van der Waals surface area contributed by atoms with Crippen molar-refractivity contribution in [3.05, 3.63) is 36.0 Å². The van der Waals surface area contributed by atoms with E-state index in [1.807, 2.05) is 36.0 Å². The second-order valence-corrected chi connectivity index (χ2v) is 7.01. The molecule has 1 fully saturated rings. The lowest BCUT2D eigenvalue weighted by molar-refractivity contribution is -0.123. The number of aryl methyl sites for hydroxylation is 2. The summed E-state index contributed by atoms with van der Waals surface area (Å²) < 4.78 is 1.93. The number of fused-ring (bicyclic) bond motifs is 1. The molecule has 1 atom stereocenters. The number of carbonyl (C=O) groups is 1. The molecule has 1 amide bonds. The molecule has 2 aromatic heterocycles. The summed E-state index contributed by atoms with van der Waals surface area (Å²) in [5.74, 6) is 2.94. The number of hydrogen-bond donors (Lipinski definition) is 1. The number of amides is 1. The molecule has 4 heterocycles. The summed E-state index contributed by atoms with van der Waals surface area (Å²) in [5, 5.41) is 7.56. The van der Waals surface area contributed by atoms with Crippen molar-refractivity contribution in [1.29, 1.82) is 0 Å². The van der Waals surface area contributed by atoms with Crippen molar-refractivity contribution in [2.45, 2.75) is 32.4 Å². The van der Waals surface area contributed by atoms with Gasteiger partial charge in [-0.3, -0.25) is 9.69 Å². The molecule has 0 radical (unpaired) electrons. The molecule has 1 saturated heterocycles. The highest BCUT2D eigenvalue weighted by atomic mass is 16.2. The molecule has 1 unspecified atom stereocenters. The molecule has 8 heteroatoms. The Balaban J connectivity index is 1.23. The summed E-state index contributed by atoms with van der Waals surface area (Å²) in [6.07, 6.45) is 3.62. The quantitative estimate of drug-likeness (QED) is 0.846. The Morgan fingerprint density at radius 2 is 2.12 bits per heavy atom. The molecular formula is C18H25N7O. The van der Waals surface area contributed by atoms with Crippen LogP contribution in [0.15, 0.2) is 24.4 Å². The van der Waals surface area contributed by atoms with E-state index < -0.39 is 0 Å². The van der Waals surface area contributed by atoms with Gasteiger partial charge < -0.3 is 10.2 Å². The van der Waals surface area contributed by atoms with E-state index >= 15 is 0 Å². The van der Waals surface area contributed by atoms with E-state index in [0.29, 0.717) is 6.54 Å². The smallest absolute Gasteiger partial charge is 0.234 e. The minimum Gasteiger partial charge on any atom is -0.354 e. The van der Waals surface area contributed by atoms with Gasteiger partial charge in [-0.15, -0.1) is 0 Å². The molecule has 2 aromatic rings. The van der Waals surface area contributed by atoms with Crippen LogP contribution in [0.1, 0.15) is 18.1 Å². The fourth-order valence-electron chi connectivity index (χ4n) is 3.70. The van der Waals surface area contributed by atoms with Crippen molar-refractivity contribution in [3.63, 3.8) is 0 Å². The highest BCUT2D eigenvalue weighted by molar-refractivity contribution is 5.78. The summed E-state index contributed by atoms with van der Waals surface area (Å²) >= 11 is 0. The summed E-state index contributed by atoms with van der Waals surface area (Å²) in [5.41, 5.74) is 0. The topological polar surface area (TPSA) is 79.2 Å². The van der Waals surface area contributed by atoms with Crippen LogP contribution < -0.4 is 10.2 Å². The number of nitrogens with one attached hydrogen (secondary N) is 1. The summed E-state index contributed by atoms with van der Waals surface area (Å²) in [6.45, 7) is 6.63. The van der Waals surface area contributed by atoms with Gasteiger partial charge in [-0.25, -0.2) is 14.6 Å². The Morgan fingerprint density at radius 3 is 2.88 bits per heavy atom. The summed E-state index contributed by atoms with van der Waals surface area (Å²) in [6, 6.07) is 6.12. The molecule has 0 bridgehead atoms. The minimum atomic E-state index is 0.0987. The van der Waals surface area contributed by atoms with E-state index in [0.717, 1.165) is 63.0 Å². The monoisotopic (exact) mass is 355 g/mol. The SMILES string of the molecule is Cc1nc2n(n1)CC(NC(=O)CN1CCN(c3ccccn3)CC1)CC2. The first-order valence-corrected chi connectivity index (χ1v) is 9.25. The van der Waals surface area contributed by atoms with E-state index in [1.165, 1.54) is 0 Å². The highest BCUT2D eigenvalue weighted by Gasteiger charge is 2.24. The predicted molar refractivity (Wildman–Crippen MR) is 97.9 cm³/mol. The highest BCUT2D eigenvalue weighted by Crippen LogP contribution is 2.14. The van der Waals surface area contributed by atoms with Crippen molar-refractivity contribution in [2.75, 3.05) is 37.6 Å². The zero-order chi connectivity index (χ0) is 17.9. The molecule has 1 N–H and O–H groups in total. The van der Waals surface area contributed by atoms with Crippen LogP contribution in [-0.4, -0.2) is 69.3 Å². The molecule has 2 aliphatic rings. The number of hydrogen-bond acceptors (Lipinski definition) is 6. The van der Waals surface area contributed by atoms with Gasteiger partial charge in [0, 0.05) is 44.8 Å². The van der Waals surface area contributed by atoms with E-state index in [9.17, 15) is 4.79 Å². The van der Waals surface area contributed by atoms with Crippen molar-refractivity contribution < 1.29 is 4.79 Å². The number of rotatable bonds is 4. The van der Waals surface area contributed by atoms with Gasteiger partial charge in [0.15, 0.2) is 0 Å². The molecule has 0 aromatic carbocycles. The minimum absolute atomic E-state index is 0.0987. The van der Waals surface area contributed by atoms with Gasteiger partial charge in [-0.2, -0.15) is 5.10 Å². The molecule has 0 spiro atoms. The van der Waals surface area contributed by atoms with Crippen LogP contribution in [0.2, 0.25) is 0 Å². The van der Waals surface area contributed by atoms with E-state index in [1.54, 1.807) is 0 Å². The second-order valence-electron chi connectivity index (χ2n) is 7.01. The molecule has 2 aliphatic heterocycles. The molecule has 0 saturated carbocycles. The van der Waals surface area contributed by atoms with Crippen LogP contribution in [0.25, 0.3) is 0 Å². The number of piperazine rings is 1. The molecule has 0 aliphatic carbocycles. The number of aromatic nitrogens is 4. The fraction of sp³-hybridized carbons (Fsp3) is 0.556. The Hall–Kier alpha value is -2.48. The first-order chi connectivity index (χ1) is 12.7. The van der Waals surface area contributed by atoms with Gasteiger partial charge in [0.2, 0.25) is 5.91 Å². The Kier molecular flexibility index (Phi) is 4.83. The van der Waals surface area contributed by atoms with E-state index in [4.69, 9.17) is 0 Å². The lowest BCUT2D eigenvalue weighted by atomic mass is 10.1. The largest absolute Gasteiger partial charge is 0.354 e. The van der Waals surface area contributed by atoms with E-state index in [2.05, 4.69) is 30.2 Å². The average Bonchev–Trinajstić information content (AvgIpc) is 3.02. The van der Waals surface area contributed by atoms with Gasteiger partial charge in [-0.05, 0) is 25.5 Å². The van der Waals surface area contributed by atoms with Gasteiger partial charge in [0.25, 0.3) is 0 Å². The number of anilines is 1. The van der Waals surface area contributed by atoms with Crippen LogP contribution in [0, 0.1) is 6.92 Å². The number of nitrogens with zero attached hydrogens (tertiary/aromatic N) is 6. The zero-order valence-electron chi connectivity index (χ0n) is 15.1. The normalized spacial score (nSPS) is 20.7. The third-order valence-electron chi connectivity index (χ3n) is 5.04. The first-order valence-electron chi connectivity index (χ1n) is 9.25. The van der Waals surface area contributed by atoms with Crippen molar-refractivity contribution in [1.82, 2.24) is 30.0 Å². The van der Waals surface area contributed by atoms with Gasteiger partial charge in [0.1, 0.15) is 17.5 Å². The van der Waals surface area contributed by atoms with Crippen molar-refractivity contribution in [3.8, 4) is 0 Å². The number of carbonyl (C=O) groups excluding carboxylic acids is 1. The van der Waals surface area contributed by atoms with Crippen LogP contribution >= 0.6 is 0 Å². The fourth-order valence-corrected chi connectivity index (χ4v) is 3.70. The molecular weight excluding hydrogens is 330 g/mol. The summed E-state index contributed by atoms with van der Waals surface area (Å²) in [4.78, 5) is 25.7. The summed E-state index contributed by atoms with van der Waals surface area (Å²) in [7, 11) is 0. The second kappa shape index (κ2) is 7.41. The first kappa shape index (κ1) is 17.0. The van der Waals surface area contributed by atoms with Gasteiger partial charge >= 0.3 is 0 Å². The maximum absolute atomic E-state index is 12.4. The van der Waals surface area contributed by atoms with Crippen LogP contribution in [-0.2, 0) is 17.8 Å². The third kappa shape index (κ3) is 3.85. The Labute approximate surface area is 153 Å². The molecule has 4 rings (SSSR count). The lowest BCUT2D eigenvalue weighted by Crippen LogP contribution is -2.51. The van der Waals surface area contributed by atoms with E-state index in [-0.39, 0.29) is 11.9 Å².